The van der Waals surface area contributed by atoms with Crippen LogP contribution in [0.3, 0.4) is 0 Å². The maximum absolute atomic E-state index is 13.2. The molecule has 0 spiro atoms. The molecule has 3 heterocycles. The molecule has 2 aliphatic rings. The summed E-state index contributed by atoms with van der Waals surface area (Å²) < 4.78 is 13.2. The van der Waals surface area contributed by atoms with Crippen LogP contribution in [0, 0.1) is 12.7 Å². The van der Waals surface area contributed by atoms with E-state index in [1.165, 1.54) is 24.3 Å². The summed E-state index contributed by atoms with van der Waals surface area (Å²) in [5.41, 5.74) is 3.01. The molecule has 7 heteroatoms. The van der Waals surface area contributed by atoms with Crippen molar-refractivity contribution in [2.45, 2.75) is 44.6 Å². The summed E-state index contributed by atoms with van der Waals surface area (Å²) in [5.74, 6) is 1.07. The average Bonchev–Trinajstić information content (AvgIpc) is 3.57. The maximum atomic E-state index is 13.2. The summed E-state index contributed by atoms with van der Waals surface area (Å²) in [6, 6.07) is 11.7. The predicted molar refractivity (Wildman–Crippen MR) is 116 cm³/mol. The third-order valence-electron chi connectivity index (χ3n) is 6.02. The molecule has 1 N–H and O–H groups in total. The van der Waals surface area contributed by atoms with Gasteiger partial charge in [-0.3, -0.25) is 9.78 Å². The lowest BCUT2D eigenvalue weighted by atomic mass is 10.1. The highest BCUT2D eigenvalue weighted by atomic mass is 19.1. The highest BCUT2D eigenvalue weighted by Gasteiger charge is 2.47. The summed E-state index contributed by atoms with van der Waals surface area (Å²) >= 11 is 0. The smallest absolute Gasteiger partial charge is 0.252 e. The van der Waals surface area contributed by atoms with Crippen LogP contribution in [0.5, 0.6) is 0 Å². The average molecular weight is 417 g/mol. The number of aromatic nitrogens is 3. The van der Waals surface area contributed by atoms with Crippen LogP contribution in [-0.4, -0.2) is 27.4 Å². The number of halogens is 1. The van der Waals surface area contributed by atoms with Crippen LogP contribution < -0.4 is 10.2 Å². The Labute approximate surface area is 180 Å². The number of anilines is 2. The summed E-state index contributed by atoms with van der Waals surface area (Å²) in [7, 11) is 0. The van der Waals surface area contributed by atoms with E-state index in [1.54, 1.807) is 6.20 Å². The minimum Gasteiger partial charge on any atom is -0.341 e. The van der Waals surface area contributed by atoms with E-state index in [1.807, 2.05) is 19.1 Å². The molecule has 158 valence electrons. The van der Waals surface area contributed by atoms with Crippen LogP contribution in [-0.2, 0) is 12.0 Å². The fourth-order valence-corrected chi connectivity index (χ4v) is 4.17. The lowest BCUT2D eigenvalue weighted by molar-refractivity contribution is 0.0929. The molecule has 1 saturated carbocycles. The van der Waals surface area contributed by atoms with E-state index >= 15 is 0 Å². The van der Waals surface area contributed by atoms with Gasteiger partial charge in [-0.25, -0.2) is 14.4 Å². The first-order valence-electron chi connectivity index (χ1n) is 10.7. The molecule has 1 aromatic carbocycles. The van der Waals surface area contributed by atoms with Gasteiger partial charge < -0.3 is 10.2 Å². The summed E-state index contributed by atoms with van der Waals surface area (Å²) in [6.07, 6.45) is 6.49. The van der Waals surface area contributed by atoms with Crippen LogP contribution in [0.25, 0.3) is 0 Å². The first kappa shape index (κ1) is 19.6. The number of amides is 1. The van der Waals surface area contributed by atoms with Gasteiger partial charge in [0, 0.05) is 18.3 Å². The van der Waals surface area contributed by atoms with Crippen LogP contribution in [0.4, 0.5) is 15.9 Å². The van der Waals surface area contributed by atoms with Gasteiger partial charge in [0.25, 0.3) is 5.91 Å². The Balaban J connectivity index is 1.43. The molecule has 0 bridgehead atoms. The number of hydrogen-bond donors (Lipinski definition) is 1. The zero-order valence-electron chi connectivity index (χ0n) is 17.4. The van der Waals surface area contributed by atoms with Gasteiger partial charge in [-0.1, -0.05) is 0 Å². The zero-order chi connectivity index (χ0) is 21.4. The molecule has 0 atom stereocenters. The van der Waals surface area contributed by atoms with Crippen molar-refractivity contribution < 1.29 is 9.18 Å². The van der Waals surface area contributed by atoms with Gasteiger partial charge in [-0.2, -0.15) is 0 Å². The number of pyridine rings is 1. The van der Waals surface area contributed by atoms with Crippen molar-refractivity contribution >= 4 is 17.4 Å². The molecule has 2 aromatic heterocycles. The molecule has 1 amide bonds. The second kappa shape index (κ2) is 7.72. The third-order valence-corrected chi connectivity index (χ3v) is 6.02. The van der Waals surface area contributed by atoms with E-state index in [9.17, 15) is 9.18 Å². The SMILES string of the molecule is Cc1nccc(N2CCCCc3nc(C4(NC(=O)c5ccc(F)cc5)CC4)ccc32)n1. The van der Waals surface area contributed by atoms with Crippen molar-refractivity contribution in [1.29, 1.82) is 0 Å². The number of nitrogens with one attached hydrogen (secondary N) is 1. The van der Waals surface area contributed by atoms with Crippen LogP contribution in [0.1, 0.15) is 53.3 Å². The van der Waals surface area contributed by atoms with E-state index < -0.39 is 5.54 Å². The Bertz CT molecular complexity index is 1130. The number of fused-ring (bicyclic) bond motifs is 1. The van der Waals surface area contributed by atoms with Crippen molar-refractivity contribution in [1.82, 2.24) is 20.3 Å². The van der Waals surface area contributed by atoms with Gasteiger partial charge in [0.05, 0.1) is 22.6 Å². The quantitative estimate of drug-likeness (QED) is 0.689. The molecule has 1 aliphatic carbocycles. The lowest BCUT2D eigenvalue weighted by Crippen LogP contribution is -2.35. The zero-order valence-corrected chi connectivity index (χ0v) is 17.4. The van der Waals surface area contributed by atoms with Crippen LogP contribution in [0.2, 0.25) is 0 Å². The Hall–Kier alpha value is -3.35. The number of hydrogen-bond acceptors (Lipinski definition) is 5. The predicted octanol–water partition coefficient (Wildman–Crippen LogP) is 4.21. The molecule has 3 aromatic rings. The van der Waals surface area contributed by atoms with Crippen molar-refractivity contribution in [2.75, 3.05) is 11.4 Å². The lowest BCUT2D eigenvalue weighted by Gasteiger charge is -2.25. The van der Waals surface area contributed by atoms with Crippen LogP contribution in [0.15, 0.2) is 48.7 Å². The highest BCUT2D eigenvalue weighted by Crippen LogP contribution is 2.46. The Morgan fingerprint density at radius 2 is 1.87 bits per heavy atom. The number of carbonyl (C=O) groups excluding carboxylic acids is 1. The monoisotopic (exact) mass is 417 g/mol. The number of benzene rings is 1. The third kappa shape index (κ3) is 3.87. The van der Waals surface area contributed by atoms with Gasteiger partial charge in [-0.05, 0) is 81.5 Å². The van der Waals surface area contributed by atoms with Gasteiger partial charge >= 0.3 is 0 Å². The molecule has 6 nitrogen and oxygen atoms in total. The topological polar surface area (TPSA) is 71.0 Å². The second-order valence-electron chi connectivity index (χ2n) is 8.28. The van der Waals surface area contributed by atoms with E-state index in [4.69, 9.17) is 4.98 Å². The summed E-state index contributed by atoms with van der Waals surface area (Å²) in [5, 5.41) is 3.13. The van der Waals surface area contributed by atoms with Crippen molar-refractivity contribution in [3.05, 3.63) is 77.3 Å². The molecular formula is C24H24FN5O. The van der Waals surface area contributed by atoms with E-state index in [0.29, 0.717) is 5.56 Å². The van der Waals surface area contributed by atoms with E-state index in [-0.39, 0.29) is 11.7 Å². The Morgan fingerprint density at radius 1 is 1.06 bits per heavy atom. The van der Waals surface area contributed by atoms with Gasteiger partial charge in [0.1, 0.15) is 17.5 Å². The number of aryl methyl sites for hydroxylation is 2. The fourth-order valence-electron chi connectivity index (χ4n) is 4.17. The van der Waals surface area contributed by atoms with Crippen molar-refractivity contribution in [3.8, 4) is 0 Å². The second-order valence-corrected chi connectivity index (χ2v) is 8.28. The van der Waals surface area contributed by atoms with E-state index in [0.717, 1.165) is 67.4 Å². The largest absolute Gasteiger partial charge is 0.341 e. The number of nitrogens with zero attached hydrogens (tertiary/aromatic N) is 4. The minimum absolute atomic E-state index is 0.202. The van der Waals surface area contributed by atoms with E-state index in [2.05, 4.69) is 26.3 Å². The molecule has 0 radical (unpaired) electrons. The normalized spacial score (nSPS) is 16.9. The molecule has 31 heavy (non-hydrogen) atoms. The molecule has 0 unspecified atom stereocenters. The summed E-state index contributed by atoms with van der Waals surface area (Å²) in [6.45, 7) is 2.78. The van der Waals surface area contributed by atoms with Crippen LogP contribution >= 0.6 is 0 Å². The first-order chi connectivity index (χ1) is 15.0. The highest BCUT2D eigenvalue weighted by molar-refractivity contribution is 5.95. The van der Waals surface area contributed by atoms with Gasteiger partial charge in [0.2, 0.25) is 0 Å². The molecular weight excluding hydrogens is 393 g/mol. The maximum Gasteiger partial charge on any atom is 0.252 e. The van der Waals surface area contributed by atoms with Gasteiger partial charge in [-0.15, -0.1) is 0 Å². The Kier molecular flexibility index (Phi) is 4.88. The van der Waals surface area contributed by atoms with Crippen molar-refractivity contribution in [2.24, 2.45) is 0 Å². The number of rotatable bonds is 4. The molecule has 5 rings (SSSR count). The first-order valence-corrected chi connectivity index (χ1v) is 10.7. The minimum atomic E-state index is -0.441. The van der Waals surface area contributed by atoms with Crippen molar-refractivity contribution in [3.63, 3.8) is 0 Å². The molecule has 0 saturated heterocycles. The molecule has 1 fully saturated rings. The fraction of sp³-hybridized carbons (Fsp3) is 0.333. The standard InChI is InChI=1S/C24H24FN5O/c1-16-26-14-11-22(27-16)30-15-3-2-4-19-20(30)9-10-21(28-19)24(12-13-24)29-23(31)17-5-7-18(25)8-6-17/h5-11,14H,2-4,12-13,15H2,1H3,(H,29,31). The Morgan fingerprint density at radius 3 is 2.61 bits per heavy atom. The molecule has 1 aliphatic heterocycles. The number of carbonyl (C=O) groups is 1. The summed E-state index contributed by atoms with van der Waals surface area (Å²) in [4.78, 5) is 28.7. The van der Waals surface area contributed by atoms with Gasteiger partial charge in [0.15, 0.2) is 0 Å².